The molecule has 7 nitrogen and oxygen atoms in total. The van der Waals surface area contributed by atoms with Crippen molar-refractivity contribution in [3.05, 3.63) is 20.8 Å². The van der Waals surface area contributed by atoms with Crippen LogP contribution in [-0.2, 0) is 29.4 Å². The number of aromatic nitrogens is 2. The number of fused-ring (bicyclic) bond motifs is 3. The minimum atomic E-state index is -0.0624. The van der Waals surface area contributed by atoms with Crippen molar-refractivity contribution in [3.63, 3.8) is 0 Å². The lowest BCUT2D eigenvalue weighted by Crippen LogP contribution is -2.48. The monoisotopic (exact) mass is 450 g/mol. The zero-order chi connectivity index (χ0) is 21.3. The number of morpholine rings is 1. The summed E-state index contributed by atoms with van der Waals surface area (Å²) in [5, 5.41) is 4.35. The number of thiophene rings is 1. The predicted octanol–water partition coefficient (Wildman–Crippen LogP) is 2.05. The van der Waals surface area contributed by atoms with E-state index in [0.717, 1.165) is 49.1 Å². The molecule has 2 aromatic rings. The molecule has 3 heterocycles. The zero-order valence-corrected chi connectivity index (χ0v) is 19.5. The van der Waals surface area contributed by atoms with Gasteiger partial charge in [-0.25, -0.2) is 4.98 Å². The molecule has 9 heteroatoms. The Morgan fingerprint density at radius 3 is 3.03 bits per heavy atom. The number of thioether (sulfide) groups is 1. The van der Waals surface area contributed by atoms with Crippen LogP contribution in [0.5, 0.6) is 0 Å². The van der Waals surface area contributed by atoms with Gasteiger partial charge >= 0.3 is 0 Å². The highest BCUT2D eigenvalue weighted by molar-refractivity contribution is 7.99. The van der Waals surface area contributed by atoms with Gasteiger partial charge in [0.05, 0.1) is 23.8 Å². The molecule has 1 amide bonds. The second-order valence-corrected chi connectivity index (χ2v) is 10.6. The SMILES string of the molecule is CC(C)CN1CCOC(CNC(=O)CSc2nc3sc4c(c3c(=O)n2C)CCC4)C1. The van der Waals surface area contributed by atoms with Crippen LogP contribution >= 0.6 is 23.1 Å². The van der Waals surface area contributed by atoms with Crippen molar-refractivity contribution in [1.29, 1.82) is 0 Å². The lowest BCUT2D eigenvalue weighted by Gasteiger charge is -2.33. The van der Waals surface area contributed by atoms with Gasteiger partial charge in [-0.2, -0.15) is 0 Å². The third kappa shape index (κ3) is 4.74. The molecule has 1 aliphatic heterocycles. The Morgan fingerprint density at radius 1 is 1.40 bits per heavy atom. The molecule has 0 spiro atoms. The van der Waals surface area contributed by atoms with Gasteiger partial charge in [-0.05, 0) is 30.7 Å². The molecular formula is C21H30N4O3S2. The van der Waals surface area contributed by atoms with E-state index in [1.54, 1.807) is 23.0 Å². The van der Waals surface area contributed by atoms with Crippen LogP contribution in [0.3, 0.4) is 0 Å². The highest BCUT2D eigenvalue weighted by Crippen LogP contribution is 2.35. The summed E-state index contributed by atoms with van der Waals surface area (Å²) < 4.78 is 7.38. The first kappa shape index (κ1) is 21.8. The number of aryl methyl sites for hydroxylation is 2. The van der Waals surface area contributed by atoms with Crippen LogP contribution in [0, 0.1) is 5.92 Å². The highest BCUT2D eigenvalue weighted by Gasteiger charge is 2.23. The van der Waals surface area contributed by atoms with Crippen LogP contribution in [-0.4, -0.2) is 65.0 Å². The van der Waals surface area contributed by atoms with Crippen molar-refractivity contribution in [1.82, 2.24) is 19.8 Å². The summed E-state index contributed by atoms with van der Waals surface area (Å²) in [4.78, 5) is 34.4. The molecule has 2 aliphatic rings. The third-order valence-corrected chi connectivity index (χ3v) is 7.83. The first-order valence-corrected chi connectivity index (χ1v) is 12.5. The zero-order valence-electron chi connectivity index (χ0n) is 17.9. The molecule has 1 unspecified atom stereocenters. The highest BCUT2D eigenvalue weighted by atomic mass is 32.2. The number of amides is 1. The maximum absolute atomic E-state index is 12.8. The number of rotatable bonds is 7. The van der Waals surface area contributed by atoms with Gasteiger partial charge in [-0.1, -0.05) is 25.6 Å². The molecule has 1 fully saturated rings. The van der Waals surface area contributed by atoms with Crippen LogP contribution in [0.2, 0.25) is 0 Å². The predicted molar refractivity (Wildman–Crippen MR) is 122 cm³/mol. The van der Waals surface area contributed by atoms with Crippen molar-refractivity contribution in [3.8, 4) is 0 Å². The Morgan fingerprint density at radius 2 is 2.23 bits per heavy atom. The minimum Gasteiger partial charge on any atom is -0.374 e. The van der Waals surface area contributed by atoms with Gasteiger partial charge in [0.15, 0.2) is 5.16 Å². The number of ether oxygens (including phenoxy) is 1. The number of carbonyl (C=O) groups is 1. The largest absolute Gasteiger partial charge is 0.374 e. The summed E-state index contributed by atoms with van der Waals surface area (Å²) in [5.74, 6) is 0.794. The van der Waals surface area contributed by atoms with E-state index < -0.39 is 0 Å². The summed E-state index contributed by atoms with van der Waals surface area (Å²) in [5.41, 5.74) is 1.19. The van der Waals surface area contributed by atoms with E-state index in [-0.39, 0.29) is 23.3 Å². The molecular weight excluding hydrogens is 420 g/mol. The number of carbonyl (C=O) groups excluding carboxylic acids is 1. The molecule has 1 saturated heterocycles. The fourth-order valence-corrected chi connectivity index (χ4v) is 6.33. The molecule has 0 radical (unpaired) electrons. The number of hydrogen-bond donors (Lipinski definition) is 1. The number of nitrogens with one attached hydrogen (secondary N) is 1. The molecule has 1 atom stereocenters. The van der Waals surface area contributed by atoms with Crippen molar-refractivity contribution in [2.75, 3.05) is 38.5 Å². The third-order valence-electron chi connectivity index (χ3n) is 5.61. The molecule has 164 valence electrons. The average Bonchev–Trinajstić information content (AvgIpc) is 3.28. The van der Waals surface area contributed by atoms with Crippen LogP contribution in [0.15, 0.2) is 9.95 Å². The topological polar surface area (TPSA) is 76.5 Å². The Kier molecular flexibility index (Phi) is 6.81. The Hall–Kier alpha value is -1.42. The van der Waals surface area contributed by atoms with E-state index in [2.05, 4.69) is 24.1 Å². The summed E-state index contributed by atoms with van der Waals surface area (Å²) >= 11 is 2.95. The first-order valence-electron chi connectivity index (χ1n) is 10.7. The molecule has 0 aromatic carbocycles. The van der Waals surface area contributed by atoms with Crippen molar-refractivity contribution >= 4 is 39.2 Å². The van der Waals surface area contributed by atoms with Gasteiger partial charge in [0.1, 0.15) is 4.83 Å². The summed E-state index contributed by atoms with van der Waals surface area (Å²) in [6.45, 7) is 8.50. The fraction of sp³-hybridized carbons (Fsp3) is 0.667. The van der Waals surface area contributed by atoms with Crippen LogP contribution in [0.4, 0.5) is 0 Å². The number of nitrogens with zero attached hydrogens (tertiary/aromatic N) is 3. The Labute approximate surface area is 185 Å². The first-order chi connectivity index (χ1) is 14.4. The normalized spacial score (nSPS) is 19.5. The lowest BCUT2D eigenvalue weighted by atomic mass is 10.2. The van der Waals surface area contributed by atoms with Gasteiger partial charge < -0.3 is 10.1 Å². The van der Waals surface area contributed by atoms with E-state index in [4.69, 9.17) is 9.72 Å². The maximum Gasteiger partial charge on any atom is 0.262 e. The molecule has 0 saturated carbocycles. The molecule has 30 heavy (non-hydrogen) atoms. The summed E-state index contributed by atoms with van der Waals surface area (Å²) in [6.07, 6.45) is 3.16. The smallest absolute Gasteiger partial charge is 0.262 e. The van der Waals surface area contributed by atoms with Gasteiger partial charge in [-0.3, -0.25) is 19.1 Å². The molecule has 4 rings (SSSR count). The number of hydrogen-bond acceptors (Lipinski definition) is 7. The van der Waals surface area contributed by atoms with E-state index >= 15 is 0 Å². The van der Waals surface area contributed by atoms with Crippen LogP contribution in [0.25, 0.3) is 10.2 Å². The van der Waals surface area contributed by atoms with Gasteiger partial charge in [0.2, 0.25) is 5.91 Å². The second-order valence-electron chi connectivity index (χ2n) is 8.54. The lowest BCUT2D eigenvalue weighted by molar-refractivity contribution is -0.119. The average molecular weight is 451 g/mol. The Balaban J connectivity index is 1.32. The van der Waals surface area contributed by atoms with E-state index in [0.29, 0.717) is 24.2 Å². The molecule has 0 bridgehead atoms. The van der Waals surface area contributed by atoms with E-state index in [1.165, 1.54) is 22.2 Å². The molecule has 2 aromatic heterocycles. The summed E-state index contributed by atoms with van der Waals surface area (Å²) in [6, 6.07) is 0. The quantitative estimate of drug-likeness (QED) is 0.514. The van der Waals surface area contributed by atoms with Crippen LogP contribution < -0.4 is 10.9 Å². The Bertz CT molecular complexity index is 985. The standard InChI is InChI=1S/C21H30N4O3S2/c1-13(2)10-25-7-8-28-14(11-25)9-22-17(26)12-29-21-23-19-18(20(27)24(21)3)15-5-4-6-16(15)30-19/h13-14H,4-12H2,1-3H3,(H,22,26). The fourth-order valence-electron chi connectivity index (χ4n) is 4.23. The minimum absolute atomic E-state index is 0.00292. The van der Waals surface area contributed by atoms with Gasteiger partial charge in [0.25, 0.3) is 5.56 Å². The van der Waals surface area contributed by atoms with Gasteiger partial charge in [-0.15, -0.1) is 11.3 Å². The summed E-state index contributed by atoms with van der Waals surface area (Å²) in [7, 11) is 1.74. The van der Waals surface area contributed by atoms with E-state index in [9.17, 15) is 9.59 Å². The van der Waals surface area contributed by atoms with Crippen molar-refractivity contribution in [2.45, 2.75) is 44.4 Å². The van der Waals surface area contributed by atoms with E-state index in [1.807, 2.05) is 0 Å². The van der Waals surface area contributed by atoms with Crippen LogP contribution in [0.1, 0.15) is 30.7 Å². The second kappa shape index (κ2) is 9.38. The van der Waals surface area contributed by atoms with Crippen molar-refractivity contribution < 1.29 is 9.53 Å². The van der Waals surface area contributed by atoms with Gasteiger partial charge in [0, 0.05) is 38.1 Å². The molecule has 1 aliphatic carbocycles. The van der Waals surface area contributed by atoms with Crippen molar-refractivity contribution in [2.24, 2.45) is 13.0 Å². The maximum atomic E-state index is 12.8. The molecule has 1 N–H and O–H groups in total.